The van der Waals surface area contributed by atoms with E-state index in [1.807, 2.05) is 32.0 Å². The van der Waals surface area contributed by atoms with Gasteiger partial charge < -0.3 is 10.1 Å². The van der Waals surface area contributed by atoms with Gasteiger partial charge in [-0.3, -0.25) is 4.79 Å². The zero-order valence-electron chi connectivity index (χ0n) is 17.0. The smallest absolute Gasteiger partial charge is 0.304 e. The van der Waals surface area contributed by atoms with Crippen LogP contribution in [0.1, 0.15) is 11.1 Å². The summed E-state index contributed by atoms with van der Waals surface area (Å²) in [6.07, 6.45) is 0. The Morgan fingerprint density at radius 2 is 1.66 bits per heavy atom. The molecule has 9 heteroatoms. The molecule has 158 valence electrons. The summed E-state index contributed by atoms with van der Waals surface area (Å²) in [5, 5.41) is 2.64. The van der Waals surface area contributed by atoms with E-state index in [1.165, 1.54) is 26.2 Å². The molecule has 0 bridgehead atoms. The van der Waals surface area contributed by atoms with Crippen LogP contribution in [0, 0.1) is 19.7 Å². The van der Waals surface area contributed by atoms with Gasteiger partial charge in [-0.2, -0.15) is 12.7 Å². The predicted octanol–water partition coefficient (Wildman–Crippen LogP) is 2.25. The Morgan fingerprint density at radius 3 is 2.21 bits per heavy atom. The van der Waals surface area contributed by atoms with Gasteiger partial charge in [-0.25, -0.2) is 8.70 Å². The minimum absolute atomic E-state index is 0.196. The third-order valence-electron chi connectivity index (χ3n) is 4.03. The Labute approximate surface area is 171 Å². The summed E-state index contributed by atoms with van der Waals surface area (Å²) in [6, 6.07) is 10.7. The maximum absolute atomic E-state index is 13.2. The largest absolute Gasteiger partial charge is 0.492 e. The molecule has 0 aliphatic heterocycles. The molecule has 0 fully saturated rings. The molecule has 0 saturated carbocycles. The van der Waals surface area contributed by atoms with Crippen LogP contribution in [0.25, 0.3) is 0 Å². The molecule has 1 N–H and O–H groups in total. The van der Waals surface area contributed by atoms with E-state index in [-0.39, 0.29) is 18.8 Å². The molecule has 2 aromatic carbocycles. The van der Waals surface area contributed by atoms with Crippen LogP contribution >= 0.6 is 0 Å². The highest BCUT2D eigenvalue weighted by atomic mass is 32.2. The van der Waals surface area contributed by atoms with Gasteiger partial charge in [0.15, 0.2) is 0 Å². The number of benzene rings is 2. The third-order valence-corrected chi connectivity index (χ3v) is 5.85. The molecule has 7 nitrogen and oxygen atoms in total. The number of aryl methyl sites for hydroxylation is 2. The fourth-order valence-corrected chi connectivity index (χ4v) is 3.74. The lowest BCUT2D eigenvalue weighted by molar-refractivity contribution is -0.119. The zero-order valence-corrected chi connectivity index (χ0v) is 17.8. The van der Waals surface area contributed by atoms with Gasteiger partial charge >= 0.3 is 10.2 Å². The van der Waals surface area contributed by atoms with E-state index in [4.69, 9.17) is 4.74 Å². The number of rotatable bonds is 9. The Kier molecular flexibility index (Phi) is 7.58. The molecule has 0 saturated heterocycles. The fraction of sp³-hybridized carbons (Fsp3) is 0.350. The van der Waals surface area contributed by atoms with Crippen LogP contribution in [-0.4, -0.2) is 52.4 Å². The van der Waals surface area contributed by atoms with Crippen molar-refractivity contribution in [1.29, 1.82) is 0 Å². The minimum atomic E-state index is -3.93. The first-order valence-electron chi connectivity index (χ1n) is 9.03. The van der Waals surface area contributed by atoms with Crippen molar-refractivity contribution >= 4 is 21.8 Å². The molecule has 0 unspecified atom stereocenters. The van der Waals surface area contributed by atoms with E-state index in [0.29, 0.717) is 5.75 Å². The number of carbonyl (C=O) groups excluding carboxylic acids is 1. The second kappa shape index (κ2) is 9.71. The highest BCUT2D eigenvalue weighted by Gasteiger charge is 2.27. The highest BCUT2D eigenvalue weighted by molar-refractivity contribution is 7.90. The summed E-state index contributed by atoms with van der Waals surface area (Å²) in [7, 11) is -1.21. The summed E-state index contributed by atoms with van der Waals surface area (Å²) >= 11 is 0. The standard InChI is InChI=1S/C20H26FN3O4S/c1-15-11-16(2)13-19(12-15)28-10-9-22-20(25)14-24(29(26,27)23(3)4)18-7-5-17(21)6-8-18/h5-8,11-13H,9-10,14H2,1-4H3,(H,22,25). The van der Waals surface area contributed by atoms with Gasteiger partial charge in [0.1, 0.15) is 24.7 Å². The van der Waals surface area contributed by atoms with Crippen LogP contribution in [0.15, 0.2) is 42.5 Å². The van der Waals surface area contributed by atoms with Crippen LogP contribution < -0.4 is 14.4 Å². The maximum Gasteiger partial charge on any atom is 0.304 e. The van der Waals surface area contributed by atoms with Crippen molar-refractivity contribution in [3.05, 3.63) is 59.4 Å². The fourth-order valence-electron chi connectivity index (χ4n) is 2.67. The molecular weight excluding hydrogens is 397 g/mol. The Bertz CT molecular complexity index is 926. The molecule has 0 aliphatic rings. The molecule has 0 aliphatic carbocycles. The number of hydrogen-bond donors (Lipinski definition) is 1. The molecule has 1 amide bonds. The highest BCUT2D eigenvalue weighted by Crippen LogP contribution is 2.19. The monoisotopic (exact) mass is 423 g/mol. The van der Waals surface area contributed by atoms with Crippen LogP contribution in [0.2, 0.25) is 0 Å². The summed E-state index contributed by atoms with van der Waals surface area (Å²) < 4.78 is 45.9. The zero-order chi connectivity index (χ0) is 21.6. The lowest BCUT2D eigenvalue weighted by Gasteiger charge is -2.26. The van der Waals surface area contributed by atoms with Crippen molar-refractivity contribution < 1.29 is 22.3 Å². The summed E-state index contributed by atoms with van der Waals surface area (Å²) in [5.41, 5.74) is 2.35. The molecule has 2 aromatic rings. The van der Waals surface area contributed by atoms with E-state index in [9.17, 15) is 17.6 Å². The molecule has 0 aromatic heterocycles. The van der Waals surface area contributed by atoms with Crippen molar-refractivity contribution in [2.75, 3.05) is 38.1 Å². The quantitative estimate of drug-likeness (QED) is 0.628. The Hall–Kier alpha value is -2.65. The molecule has 2 rings (SSSR count). The topological polar surface area (TPSA) is 79.0 Å². The van der Waals surface area contributed by atoms with Gasteiger partial charge in [-0.05, 0) is 61.4 Å². The molecule has 0 atom stereocenters. The van der Waals surface area contributed by atoms with Gasteiger partial charge in [0, 0.05) is 14.1 Å². The van der Waals surface area contributed by atoms with E-state index in [0.717, 1.165) is 31.9 Å². The van der Waals surface area contributed by atoms with Gasteiger partial charge in [0.05, 0.1) is 12.2 Å². The maximum atomic E-state index is 13.2. The summed E-state index contributed by atoms with van der Waals surface area (Å²) in [6.45, 7) is 3.96. The van der Waals surface area contributed by atoms with Crippen molar-refractivity contribution in [2.24, 2.45) is 0 Å². The van der Waals surface area contributed by atoms with Crippen LogP contribution in [0.5, 0.6) is 5.75 Å². The van der Waals surface area contributed by atoms with Crippen LogP contribution in [0.4, 0.5) is 10.1 Å². The number of anilines is 1. The third kappa shape index (κ3) is 6.43. The van der Waals surface area contributed by atoms with Crippen LogP contribution in [0.3, 0.4) is 0 Å². The Morgan fingerprint density at radius 1 is 1.07 bits per heavy atom. The number of amides is 1. The lowest BCUT2D eigenvalue weighted by atomic mass is 10.1. The second-order valence-corrected chi connectivity index (χ2v) is 8.86. The van der Waals surface area contributed by atoms with Crippen molar-refractivity contribution in [3.8, 4) is 5.75 Å². The van der Waals surface area contributed by atoms with Gasteiger partial charge in [-0.1, -0.05) is 6.07 Å². The average Bonchev–Trinajstić information content (AvgIpc) is 2.63. The SMILES string of the molecule is Cc1cc(C)cc(OCCNC(=O)CN(c2ccc(F)cc2)S(=O)(=O)N(C)C)c1. The van der Waals surface area contributed by atoms with Crippen LogP contribution in [-0.2, 0) is 15.0 Å². The summed E-state index contributed by atoms with van der Waals surface area (Å²) in [5.74, 6) is -0.285. The molecule has 0 radical (unpaired) electrons. The minimum Gasteiger partial charge on any atom is -0.492 e. The molecule has 0 heterocycles. The van der Waals surface area contributed by atoms with Gasteiger partial charge in [-0.15, -0.1) is 0 Å². The Balaban J connectivity index is 1.98. The first kappa shape index (κ1) is 22.6. The number of ether oxygens (including phenoxy) is 1. The van der Waals surface area contributed by atoms with Gasteiger partial charge in [0.2, 0.25) is 5.91 Å². The second-order valence-electron chi connectivity index (χ2n) is 6.80. The van der Waals surface area contributed by atoms with E-state index >= 15 is 0 Å². The average molecular weight is 424 g/mol. The molecule has 29 heavy (non-hydrogen) atoms. The van der Waals surface area contributed by atoms with Crippen molar-refractivity contribution in [1.82, 2.24) is 9.62 Å². The first-order chi connectivity index (χ1) is 13.6. The van der Waals surface area contributed by atoms with E-state index < -0.39 is 28.5 Å². The number of nitrogens with zero attached hydrogens (tertiary/aromatic N) is 2. The number of halogens is 1. The number of carbonyl (C=O) groups is 1. The van der Waals surface area contributed by atoms with Crippen molar-refractivity contribution in [2.45, 2.75) is 13.8 Å². The van der Waals surface area contributed by atoms with E-state index in [1.54, 1.807) is 0 Å². The predicted molar refractivity (Wildman–Crippen MR) is 111 cm³/mol. The lowest BCUT2D eigenvalue weighted by Crippen LogP contribution is -2.46. The number of nitrogens with one attached hydrogen (secondary N) is 1. The normalized spacial score (nSPS) is 11.4. The molecule has 0 spiro atoms. The van der Waals surface area contributed by atoms with Crippen molar-refractivity contribution in [3.63, 3.8) is 0 Å². The van der Waals surface area contributed by atoms with E-state index in [2.05, 4.69) is 5.32 Å². The molecular formula is C20H26FN3O4S. The first-order valence-corrected chi connectivity index (χ1v) is 10.4. The number of hydrogen-bond acceptors (Lipinski definition) is 4. The van der Waals surface area contributed by atoms with Gasteiger partial charge in [0.25, 0.3) is 0 Å². The summed E-state index contributed by atoms with van der Waals surface area (Å²) in [4.78, 5) is 12.3.